The van der Waals surface area contributed by atoms with Crippen LogP contribution in [-0.4, -0.2) is 14.2 Å². The van der Waals surface area contributed by atoms with Crippen LogP contribution in [0.15, 0.2) is 36.4 Å². The summed E-state index contributed by atoms with van der Waals surface area (Å²) in [6.07, 6.45) is 0. The standard InChI is InChI=1S/C16H19NO2/c1-11-8-12(2)10-13(9-11)17-14-6-5-7-15(18-3)16(14)19-4/h5-10,17H,1-4H3. The molecule has 0 heterocycles. The van der Waals surface area contributed by atoms with Crippen molar-refractivity contribution < 1.29 is 9.47 Å². The number of para-hydroxylation sites is 1. The van der Waals surface area contributed by atoms with Gasteiger partial charge in [-0.15, -0.1) is 0 Å². The average molecular weight is 257 g/mol. The van der Waals surface area contributed by atoms with Gasteiger partial charge in [0.05, 0.1) is 19.9 Å². The maximum absolute atomic E-state index is 5.41. The molecule has 1 N–H and O–H groups in total. The van der Waals surface area contributed by atoms with Gasteiger partial charge in [0, 0.05) is 5.69 Å². The van der Waals surface area contributed by atoms with Crippen LogP contribution in [0, 0.1) is 13.8 Å². The molecule has 0 fully saturated rings. The first-order valence-corrected chi connectivity index (χ1v) is 6.20. The maximum Gasteiger partial charge on any atom is 0.184 e. The molecule has 0 radical (unpaired) electrons. The van der Waals surface area contributed by atoms with Crippen LogP contribution in [0.4, 0.5) is 11.4 Å². The van der Waals surface area contributed by atoms with E-state index in [1.807, 2.05) is 18.2 Å². The second-order valence-electron chi connectivity index (χ2n) is 4.54. The molecule has 2 aromatic carbocycles. The predicted molar refractivity (Wildman–Crippen MR) is 78.7 cm³/mol. The van der Waals surface area contributed by atoms with E-state index in [1.54, 1.807) is 14.2 Å². The van der Waals surface area contributed by atoms with Gasteiger partial charge in [-0.3, -0.25) is 0 Å². The van der Waals surface area contributed by atoms with E-state index < -0.39 is 0 Å². The van der Waals surface area contributed by atoms with Crippen LogP contribution in [0.3, 0.4) is 0 Å². The second kappa shape index (κ2) is 5.65. The number of benzene rings is 2. The van der Waals surface area contributed by atoms with Gasteiger partial charge in [0.25, 0.3) is 0 Å². The Balaban J connectivity index is 2.37. The van der Waals surface area contributed by atoms with Crippen molar-refractivity contribution in [3.8, 4) is 11.5 Å². The van der Waals surface area contributed by atoms with Crippen molar-refractivity contribution in [3.63, 3.8) is 0 Å². The van der Waals surface area contributed by atoms with Gasteiger partial charge in [0.2, 0.25) is 0 Å². The number of ether oxygens (including phenoxy) is 2. The summed E-state index contributed by atoms with van der Waals surface area (Å²) in [5.41, 5.74) is 4.39. The van der Waals surface area contributed by atoms with Crippen molar-refractivity contribution >= 4 is 11.4 Å². The van der Waals surface area contributed by atoms with Gasteiger partial charge in [0.1, 0.15) is 0 Å². The Hall–Kier alpha value is -2.16. The summed E-state index contributed by atoms with van der Waals surface area (Å²) in [7, 11) is 3.28. The smallest absolute Gasteiger partial charge is 0.184 e. The van der Waals surface area contributed by atoms with Crippen LogP contribution in [0.25, 0.3) is 0 Å². The molecule has 2 aromatic rings. The van der Waals surface area contributed by atoms with Gasteiger partial charge >= 0.3 is 0 Å². The minimum absolute atomic E-state index is 0.712. The van der Waals surface area contributed by atoms with E-state index in [1.165, 1.54) is 11.1 Å². The van der Waals surface area contributed by atoms with Crippen molar-refractivity contribution in [2.24, 2.45) is 0 Å². The molecule has 0 aliphatic carbocycles. The minimum atomic E-state index is 0.712. The van der Waals surface area contributed by atoms with E-state index in [2.05, 4.69) is 37.4 Å². The minimum Gasteiger partial charge on any atom is -0.493 e. The molecule has 0 aliphatic heterocycles. The average Bonchev–Trinajstić information content (AvgIpc) is 2.37. The van der Waals surface area contributed by atoms with E-state index in [0.29, 0.717) is 5.75 Å². The molecule has 0 saturated heterocycles. The van der Waals surface area contributed by atoms with Gasteiger partial charge in [-0.2, -0.15) is 0 Å². The highest BCUT2D eigenvalue weighted by Gasteiger charge is 2.09. The summed E-state index contributed by atoms with van der Waals surface area (Å²) in [4.78, 5) is 0. The summed E-state index contributed by atoms with van der Waals surface area (Å²) in [6.45, 7) is 4.17. The topological polar surface area (TPSA) is 30.5 Å². The monoisotopic (exact) mass is 257 g/mol. The molecule has 3 nitrogen and oxygen atoms in total. The normalized spacial score (nSPS) is 10.1. The molecule has 0 aliphatic rings. The lowest BCUT2D eigenvalue weighted by Crippen LogP contribution is -1.97. The SMILES string of the molecule is COc1cccc(Nc2cc(C)cc(C)c2)c1OC. The highest BCUT2D eigenvalue weighted by Crippen LogP contribution is 2.36. The van der Waals surface area contributed by atoms with E-state index in [4.69, 9.17) is 9.47 Å². The Morgan fingerprint density at radius 2 is 1.58 bits per heavy atom. The highest BCUT2D eigenvalue weighted by atomic mass is 16.5. The summed E-state index contributed by atoms with van der Waals surface area (Å²) in [6, 6.07) is 12.1. The lowest BCUT2D eigenvalue weighted by Gasteiger charge is -2.14. The fraction of sp³-hybridized carbons (Fsp3) is 0.250. The first-order chi connectivity index (χ1) is 9.13. The van der Waals surface area contributed by atoms with Gasteiger partial charge < -0.3 is 14.8 Å². The van der Waals surface area contributed by atoms with E-state index in [0.717, 1.165) is 17.1 Å². The van der Waals surface area contributed by atoms with Crippen LogP contribution in [-0.2, 0) is 0 Å². The molecule has 0 bridgehead atoms. The number of nitrogens with one attached hydrogen (secondary N) is 1. The number of hydrogen-bond donors (Lipinski definition) is 1. The number of aryl methyl sites for hydroxylation is 2. The van der Waals surface area contributed by atoms with Crippen molar-refractivity contribution in [1.29, 1.82) is 0 Å². The highest BCUT2D eigenvalue weighted by molar-refractivity contribution is 5.70. The third-order valence-corrected chi connectivity index (χ3v) is 2.90. The molecule has 19 heavy (non-hydrogen) atoms. The van der Waals surface area contributed by atoms with E-state index in [-0.39, 0.29) is 0 Å². The molecular formula is C16H19NO2. The first-order valence-electron chi connectivity index (χ1n) is 6.20. The van der Waals surface area contributed by atoms with Crippen molar-refractivity contribution in [3.05, 3.63) is 47.5 Å². The quantitative estimate of drug-likeness (QED) is 0.895. The number of anilines is 2. The molecule has 3 heteroatoms. The molecule has 100 valence electrons. The Morgan fingerprint density at radius 3 is 2.16 bits per heavy atom. The van der Waals surface area contributed by atoms with Crippen molar-refractivity contribution in [2.45, 2.75) is 13.8 Å². The first kappa shape index (κ1) is 13.3. The summed E-state index contributed by atoms with van der Waals surface area (Å²) in [5.74, 6) is 1.43. The zero-order chi connectivity index (χ0) is 13.8. The van der Waals surface area contributed by atoms with Gasteiger partial charge in [-0.25, -0.2) is 0 Å². The fourth-order valence-corrected chi connectivity index (χ4v) is 2.19. The second-order valence-corrected chi connectivity index (χ2v) is 4.54. The number of rotatable bonds is 4. The zero-order valence-electron chi connectivity index (χ0n) is 11.8. The predicted octanol–water partition coefficient (Wildman–Crippen LogP) is 4.06. The molecule has 0 aromatic heterocycles. The Kier molecular flexibility index (Phi) is 3.95. The summed E-state index contributed by atoms with van der Waals surface area (Å²) < 4.78 is 10.7. The number of methoxy groups -OCH3 is 2. The van der Waals surface area contributed by atoms with Crippen LogP contribution in [0.5, 0.6) is 11.5 Å². The number of hydrogen-bond acceptors (Lipinski definition) is 3. The third-order valence-electron chi connectivity index (χ3n) is 2.90. The van der Waals surface area contributed by atoms with E-state index in [9.17, 15) is 0 Å². The van der Waals surface area contributed by atoms with Crippen LogP contribution in [0.2, 0.25) is 0 Å². The molecule has 0 saturated carbocycles. The molecule has 2 rings (SSSR count). The lowest BCUT2D eigenvalue weighted by molar-refractivity contribution is 0.356. The van der Waals surface area contributed by atoms with Crippen LogP contribution >= 0.6 is 0 Å². The molecule has 0 unspecified atom stereocenters. The van der Waals surface area contributed by atoms with Crippen LogP contribution in [0.1, 0.15) is 11.1 Å². The molecule has 0 atom stereocenters. The Morgan fingerprint density at radius 1 is 0.895 bits per heavy atom. The van der Waals surface area contributed by atoms with E-state index >= 15 is 0 Å². The Bertz CT molecular complexity index is 559. The lowest BCUT2D eigenvalue weighted by atomic mass is 10.1. The molecular weight excluding hydrogens is 238 g/mol. The van der Waals surface area contributed by atoms with Gasteiger partial charge in [0.15, 0.2) is 11.5 Å². The fourth-order valence-electron chi connectivity index (χ4n) is 2.19. The summed E-state index contributed by atoms with van der Waals surface area (Å²) in [5, 5.41) is 3.37. The van der Waals surface area contributed by atoms with Crippen LogP contribution < -0.4 is 14.8 Å². The largest absolute Gasteiger partial charge is 0.493 e. The zero-order valence-corrected chi connectivity index (χ0v) is 11.8. The summed E-state index contributed by atoms with van der Waals surface area (Å²) >= 11 is 0. The molecule has 0 spiro atoms. The molecule has 0 amide bonds. The van der Waals surface area contributed by atoms with Crippen molar-refractivity contribution in [1.82, 2.24) is 0 Å². The maximum atomic E-state index is 5.41. The Labute approximate surface area is 114 Å². The van der Waals surface area contributed by atoms with Gasteiger partial charge in [-0.1, -0.05) is 12.1 Å². The third kappa shape index (κ3) is 2.99. The van der Waals surface area contributed by atoms with Gasteiger partial charge in [-0.05, 0) is 49.2 Å². The van der Waals surface area contributed by atoms with Crippen molar-refractivity contribution in [2.75, 3.05) is 19.5 Å².